The second kappa shape index (κ2) is 9.41. The van der Waals surface area contributed by atoms with Crippen molar-refractivity contribution in [3.8, 4) is 5.75 Å². The summed E-state index contributed by atoms with van der Waals surface area (Å²) in [6, 6.07) is 11.1. The molecule has 0 fully saturated rings. The van der Waals surface area contributed by atoms with Crippen molar-refractivity contribution in [2.24, 2.45) is 4.99 Å². The van der Waals surface area contributed by atoms with Gasteiger partial charge in [-0.25, -0.2) is 9.97 Å². The zero-order valence-corrected chi connectivity index (χ0v) is 20.2. The monoisotopic (exact) mass is 566 g/mol. The first-order chi connectivity index (χ1) is 14.5. The van der Waals surface area contributed by atoms with Gasteiger partial charge in [-0.1, -0.05) is 11.8 Å². The van der Waals surface area contributed by atoms with Crippen LogP contribution in [0.2, 0.25) is 0 Å². The number of aliphatic imine (C=N–C) groups is 1. The van der Waals surface area contributed by atoms with Crippen LogP contribution in [0.15, 0.2) is 57.3 Å². The van der Waals surface area contributed by atoms with E-state index in [0.717, 1.165) is 23.8 Å². The number of carbonyl (C=O) groups is 1. The average Bonchev–Trinajstić information content (AvgIpc) is 3.37. The second-order valence-corrected chi connectivity index (χ2v) is 10.9. The highest BCUT2D eigenvalue weighted by Gasteiger charge is 2.18. The molecule has 4 rings (SSSR count). The number of hydrogen-bond donors (Lipinski definition) is 2. The lowest BCUT2D eigenvalue weighted by molar-refractivity contribution is -0.115. The molecular formula is C20H15IN4O2S3. The van der Waals surface area contributed by atoms with Crippen molar-refractivity contribution < 1.29 is 9.90 Å². The molecule has 0 saturated heterocycles. The van der Waals surface area contributed by atoms with Gasteiger partial charge in [0.2, 0.25) is 5.91 Å². The molecule has 1 unspecified atom stereocenters. The Balaban J connectivity index is 1.47. The predicted octanol–water partition coefficient (Wildman–Crippen LogP) is 5.93. The fourth-order valence-electron chi connectivity index (χ4n) is 2.49. The summed E-state index contributed by atoms with van der Waals surface area (Å²) in [6.07, 6.45) is 3.31. The minimum atomic E-state index is -0.296. The third kappa shape index (κ3) is 5.17. The van der Waals surface area contributed by atoms with Gasteiger partial charge in [-0.15, -0.1) is 22.7 Å². The Morgan fingerprint density at radius 2 is 2.20 bits per heavy atom. The Kier molecular flexibility index (Phi) is 6.66. The number of amides is 1. The zero-order valence-electron chi connectivity index (χ0n) is 15.6. The third-order valence-corrected chi connectivity index (χ3v) is 7.58. The molecule has 0 spiro atoms. The fourth-order valence-corrected chi connectivity index (χ4v) is 5.78. The van der Waals surface area contributed by atoms with Gasteiger partial charge in [-0.05, 0) is 65.9 Å². The molecule has 152 valence electrons. The van der Waals surface area contributed by atoms with Gasteiger partial charge in [0.1, 0.15) is 5.75 Å². The molecule has 0 aliphatic rings. The molecule has 4 aromatic rings. The van der Waals surface area contributed by atoms with E-state index in [0.29, 0.717) is 10.7 Å². The van der Waals surface area contributed by atoms with Gasteiger partial charge < -0.3 is 10.4 Å². The molecule has 0 aliphatic heterocycles. The van der Waals surface area contributed by atoms with E-state index in [1.165, 1.54) is 34.4 Å². The van der Waals surface area contributed by atoms with Crippen LogP contribution in [0.5, 0.6) is 5.75 Å². The smallest absolute Gasteiger partial charge is 0.239 e. The SMILES string of the molecule is CC(Sc1nc2ccc(N=Cc3cc(I)ccc3O)cc2s1)C(=O)Nc1nccs1. The van der Waals surface area contributed by atoms with E-state index in [1.807, 2.05) is 42.6 Å². The number of thiazole rings is 2. The molecular weight excluding hydrogens is 551 g/mol. The van der Waals surface area contributed by atoms with Gasteiger partial charge in [0.15, 0.2) is 9.47 Å². The van der Waals surface area contributed by atoms with Crippen LogP contribution in [0.1, 0.15) is 12.5 Å². The first-order valence-corrected chi connectivity index (χ1v) is 12.4. The number of carbonyl (C=O) groups excluding carboxylic acids is 1. The number of aromatic hydroxyl groups is 1. The molecule has 1 amide bonds. The number of phenols is 1. The van der Waals surface area contributed by atoms with Gasteiger partial charge >= 0.3 is 0 Å². The summed E-state index contributed by atoms with van der Waals surface area (Å²) >= 11 is 6.53. The molecule has 0 aliphatic carbocycles. The first kappa shape index (κ1) is 21.2. The summed E-state index contributed by atoms with van der Waals surface area (Å²) in [5.74, 6) is 0.0959. The van der Waals surface area contributed by atoms with E-state index in [1.54, 1.807) is 18.5 Å². The fraction of sp³-hybridized carbons (Fsp3) is 0.100. The number of anilines is 1. The lowest BCUT2D eigenvalue weighted by Gasteiger charge is -2.07. The first-order valence-electron chi connectivity index (χ1n) is 8.78. The quantitative estimate of drug-likeness (QED) is 0.172. The standard InChI is InChI=1S/C20H15IN4O2S3/c1-11(18(27)25-19-22-6-7-28-19)29-20-24-15-4-3-14(9-17(15)30-20)23-10-12-8-13(21)2-5-16(12)26/h2-11,26H,1H3,(H,22,25,27). The van der Waals surface area contributed by atoms with E-state index in [-0.39, 0.29) is 16.9 Å². The van der Waals surface area contributed by atoms with Gasteiger partial charge in [-0.3, -0.25) is 9.79 Å². The van der Waals surface area contributed by atoms with Crippen LogP contribution in [0, 0.1) is 3.57 Å². The van der Waals surface area contributed by atoms with Gasteiger partial charge in [0.05, 0.1) is 21.2 Å². The van der Waals surface area contributed by atoms with Crippen LogP contribution in [-0.4, -0.2) is 32.4 Å². The molecule has 2 N–H and O–H groups in total. The Labute approximate surface area is 198 Å². The number of rotatable bonds is 6. The highest BCUT2D eigenvalue weighted by atomic mass is 127. The van der Waals surface area contributed by atoms with E-state index < -0.39 is 0 Å². The normalized spacial score (nSPS) is 12.5. The number of nitrogens with one attached hydrogen (secondary N) is 1. The van der Waals surface area contributed by atoms with E-state index in [2.05, 4.69) is 42.9 Å². The maximum Gasteiger partial charge on any atom is 0.239 e. The van der Waals surface area contributed by atoms with Crippen LogP contribution in [0.25, 0.3) is 10.2 Å². The number of hydrogen-bond acceptors (Lipinski definition) is 8. The van der Waals surface area contributed by atoms with Crippen LogP contribution in [0.3, 0.4) is 0 Å². The number of halogens is 1. The Hall–Kier alpha value is -2.02. The summed E-state index contributed by atoms with van der Waals surface area (Å²) in [5, 5.41) is 14.9. The summed E-state index contributed by atoms with van der Waals surface area (Å²) < 4.78 is 2.84. The van der Waals surface area contributed by atoms with E-state index in [4.69, 9.17) is 0 Å². The second-order valence-electron chi connectivity index (χ2n) is 6.18. The van der Waals surface area contributed by atoms with Crippen molar-refractivity contribution in [1.29, 1.82) is 0 Å². The van der Waals surface area contributed by atoms with Crippen molar-refractivity contribution in [2.75, 3.05) is 5.32 Å². The number of thioether (sulfide) groups is 1. The molecule has 2 heterocycles. The Morgan fingerprint density at radius 3 is 3.00 bits per heavy atom. The topological polar surface area (TPSA) is 87.5 Å². The van der Waals surface area contributed by atoms with Crippen molar-refractivity contribution >= 4 is 90.2 Å². The number of fused-ring (bicyclic) bond motifs is 1. The van der Waals surface area contributed by atoms with Crippen molar-refractivity contribution in [3.63, 3.8) is 0 Å². The molecule has 1 atom stereocenters. The molecule has 2 aromatic carbocycles. The summed E-state index contributed by atoms with van der Waals surface area (Å²) in [7, 11) is 0. The van der Waals surface area contributed by atoms with Crippen molar-refractivity contribution in [2.45, 2.75) is 16.5 Å². The molecule has 0 saturated carbocycles. The highest BCUT2D eigenvalue weighted by Crippen LogP contribution is 2.34. The van der Waals surface area contributed by atoms with Gasteiger partial charge in [0, 0.05) is 26.9 Å². The summed E-state index contributed by atoms with van der Waals surface area (Å²) in [5.41, 5.74) is 2.31. The molecule has 0 radical (unpaired) electrons. The predicted molar refractivity (Wildman–Crippen MR) is 134 cm³/mol. The number of aromatic nitrogens is 2. The Bertz CT molecular complexity index is 1220. The molecule has 0 bridgehead atoms. The van der Waals surface area contributed by atoms with Gasteiger partial charge in [-0.2, -0.15) is 0 Å². The van der Waals surface area contributed by atoms with Crippen LogP contribution >= 0.6 is 57.0 Å². The number of phenolic OH excluding ortho intramolecular Hbond substituents is 1. The maximum absolute atomic E-state index is 12.3. The number of nitrogens with zero attached hydrogens (tertiary/aromatic N) is 3. The third-order valence-electron chi connectivity index (χ3n) is 4.00. The summed E-state index contributed by atoms with van der Waals surface area (Å²) in [6.45, 7) is 1.85. The average molecular weight is 566 g/mol. The summed E-state index contributed by atoms with van der Waals surface area (Å²) in [4.78, 5) is 25.5. The van der Waals surface area contributed by atoms with Crippen molar-refractivity contribution in [1.82, 2.24) is 9.97 Å². The molecule has 10 heteroatoms. The van der Waals surface area contributed by atoms with Crippen molar-refractivity contribution in [3.05, 3.63) is 57.1 Å². The number of benzene rings is 2. The van der Waals surface area contributed by atoms with Crippen LogP contribution in [0.4, 0.5) is 10.8 Å². The largest absolute Gasteiger partial charge is 0.507 e. The zero-order chi connectivity index (χ0) is 21.1. The highest BCUT2D eigenvalue weighted by molar-refractivity contribution is 14.1. The lowest BCUT2D eigenvalue weighted by atomic mass is 10.2. The van der Waals surface area contributed by atoms with Crippen LogP contribution < -0.4 is 5.32 Å². The lowest BCUT2D eigenvalue weighted by Crippen LogP contribution is -2.22. The van der Waals surface area contributed by atoms with Gasteiger partial charge in [0.25, 0.3) is 0 Å². The minimum absolute atomic E-state index is 0.100. The van der Waals surface area contributed by atoms with E-state index in [9.17, 15) is 9.90 Å². The molecule has 6 nitrogen and oxygen atoms in total. The molecule has 2 aromatic heterocycles. The Morgan fingerprint density at radius 1 is 1.33 bits per heavy atom. The molecule has 30 heavy (non-hydrogen) atoms. The van der Waals surface area contributed by atoms with E-state index >= 15 is 0 Å². The minimum Gasteiger partial charge on any atom is -0.507 e. The maximum atomic E-state index is 12.3. The van der Waals surface area contributed by atoms with Crippen LogP contribution in [-0.2, 0) is 4.79 Å².